The molecule has 0 unspecified atom stereocenters. The molecular formula is C16H20ClNO3. The molecule has 0 atom stereocenters. The fourth-order valence-corrected chi connectivity index (χ4v) is 3.26. The summed E-state index contributed by atoms with van der Waals surface area (Å²) in [6, 6.07) is 5.37. The number of aryl methyl sites for hydroxylation is 1. The van der Waals surface area contributed by atoms with Crippen LogP contribution in [-0.4, -0.2) is 17.0 Å². The van der Waals surface area contributed by atoms with Crippen molar-refractivity contribution < 1.29 is 14.7 Å². The molecule has 114 valence electrons. The third-order valence-electron chi connectivity index (χ3n) is 4.18. The topological polar surface area (TPSA) is 66.4 Å². The van der Waals surface area contributed by atoms with E-state index >= 15 is 0 Å². The highest BCUT2D eigenvalue weighted by Gasteiger charge is 2.37. The summed E-state index contributed by atoms with van der Waals surface area (Å²) in [6.07, 6.45) is 3.93. The zero-order chi connectivity index (χ0) is 15.5. The van der Waals surface area contributed by atoms with Gasteiger partial charge < -0.3 is 10.4 Å². The number of aliphatic carboxylic acids is 1. The number of rotatable bonds is 5. The van der Waals surface area contributed by atoms with Crippen molar-refractivity contribution in [3.05, 3.63) is 28.8 Å². The van der Waals surface area contributed by atoms with Crippen LogP contribution in [0.5, 0.6) is 0 Å². The molecular weight excluding hydrogens is 290 g/mol. The number of halogens is 1. The number of hydrogen-bond acceptors (Lipinski definition) is 2. The SMILES string of the molecule is Cc1ccc(NC(=O)CC2(CC(=O)O)CCCC2)cc1Cl. The van der Waals surface area contributed by atoms with Gasteiger partial charge in [-0.25, -0.2) is 0 Å². The van der Waals surface area contributed by atoms with E-state index in [4.69, 9.17) is 16.7 Å². The van der Waals surface area contributed by atoms with Crippen molar-refractivity contribution >= 4 is 29.2 Å². The third-order valence-corrected chi connectivity index (χ3v) is 4.59. The van der Waals surface area contributed by atoms with Gasteiger partial charge in [0, 0.05) is 17.1 Å². The smallest absolute Gasteiger partial charge is 0.303 e. The highest BCUT2D eigenvalue weighted by molar-refractivity contribution is 6.31. The molecule has 0 spiro atoms. The van der Waals surface area contributed by atoms with Gasteiger partial charge >= 0.3 is 5.97 Å². The van der Waals surface area contributed by atoms with E-state index < -0.39 is 5.97 Å². The minimum Gasteiger partial charge on any atom is -0.481 e. The van der Waals surface area contributed by atoms with Crippen LogP contribution in [0.1, 0.15) is 44.1 Å². The fourth-order valence-electron chi connectivity index (χ4n) is 3.08. The average molecular weight is 310 g/mol. The molecule has 2 rings (SSSR count). The van der Waals surface area contributed by atoms with Crippen LogP contribution in [-0.2, 0) is 9.59 Å². The Morgan fingerprint density at radius 2 is 1.95 bits per heavy atom. The second-order valence-corrected chi connectivity index (χ2v) is 6.37. The van der Waals surface area contributed by atoms with E-state index in [1.165, 1.54) is 0 Å². The largest absolute Gasteiger partial charge is 0.481 e. The maximum absolute atomic E-state index is 12.2. The predicted octanol–water partition coefficient (Wildman–Crippen LogP) is 4.01. The standard InChI is InChI=1S/C16H20ClNO3/c1-11-4-5-12(8-13(11)17)18-14(19)9-16(10-15(20)21)6-2-3-7-16/h4-5,8H,2-3,6-7,9-10H2,1H3,(H,18,19)(H,20,21). The molecule has 1 fully saturated rings. The molecule has 0 heterocycles. The summed E-state index contributed by atoms with van der Waals surface area (Å²) in [6.45, 7) is 1.90. The van der Waals surface area contributed by atoms with Gasteiger partial charge in [-0.1, -0.05) is 30.5 Å². The Morgan fingerprint density at radius 1 is 1.29 bits per heavy atom. The second kappa shape index (κ2) is 6.48. The van der Waals surface area contributed by atoms with Crippen LogP contribution in [0.2, 0.25) is 5.02 Å². The first-order valence-electron chi connectivity index (χ1n) is 7.18. The molecule has 21 heavy (non-hydrogen) atoms. The fraction of sp³-hybridized carbons (Fsp3) is 0.500. The van der Waals surface area contributed by atoms with Gasteiger partial charge in [0.05, 0.1) is 6.42 Å². The number of carboxylic acid groups (broad SMARTS) is 1. The zero-order valence-electron chi connectivity index (χ0n) is 12.1. The van der Waals surface area contributed by atoms with Crippen molar-refractivity contribution in [1.82, 2.24) is 0 Å². The highest BCUT2D eigenvalue weighted by atomic mass is 35.5. The van der Waals surface area contributed by atoms with Gasteiger partial charge in [-0.05, 0) is 42.9 Å². The number of nitrogens with one attached hydrogen (secondary N) is 1. The zero-order valence-corrected chi connectivity index (χ0v) is 12.9. The van der Waals surface area contributed by atoms with Crippen LogP contribution in [0.3, 0.4) is 0 Å². The van der Waals surface area contributed by atoms with Crippen LogP contribution >= 0.6 is 11.6 Å². The molecule has 1 aromatic rings. The molecule has 0 aliphatic heterocycles. The molecule has 2 N–H and O–H groups in total. The Hall–Kier alpha value is -1.55. The second-order valence-electron chi connectivity index (χ2n) is 5.97. The van der Waals surface area contributed by atoms with Crippen LogP contribution in [0.25, 0.3) is 0 Å². The Labute approximate surface area is 129 Å². The number of carbonyl (C=O) groups is 2. The molecule has 0 saturated heterocycles. The number of hydrogen-bond donors (Lipinski definition) is 2. The van der Waals surface area contributed by atoms with Gasteiger partial charge in [0.25, 0.3) is 0 Å². The van der Waals surface area contributed by atoms with E-state index in [1.807, 2.05) is 13.0 Å². The molecule has 5 heteroatoms. The lowest BCUT2D eigenvalue weighted by Gasteiger charge is -2.26. The van der Waals surface area contributed by atoms with Crippen molar-refractivity contribution in [1.29, 1.82) is 0 Å². The highest BCUT2D eigenvalue weighted by Crippen LogP contribution is 2.44. The van der Waals surface area contributed by atoms with E-state index in [0.717, 1.165) is 31.2 Å². The van der Waals surface area contributed by atoms with Crippen LogP contribution in [0.15, 0.2) is 18.2 Å². The number of benzene rings is 1. The first kappa shape index (κ1) is 15.8. The van der Waals surface area contributed by atoms with E-state index in [9.17, 15) is 9.59 Å². The molecule has 4 nitrogen and oxygen atoms in total. The molecule has 0 radical (unpaired) electrons. The molecule has 0 aromatic heterocycles. The van der Waals surface area contributed by atoms with Gasteiger partial charge in [-0.15, -0.1) is 0 Å². The average Bonchev–Trinajstić information content (AvgIpc) is 2.80. The summed E-state index contributed by atoms with van der Waals surface area (Å²) in [4.78, 5) is 23.2. The maximum Gasteiger partial charge on any atom is 0.303 e. The first-order chi connectivity index (χ1) is 9.90. The van der Waals surface area contributed by atoms with Crippen molar-refractivity contribution in [2.75, 3.05) is 5.32 Å². The van der Waals surface area contributed by atoms with E-state index in [0.29, 0.717) is 10.7 Å². The van der Waals surface area contributed by atoms with Gasteiger partial charge in [-0.2, -0.15) is 0 Å². The number of carboxylic acids is 1. The van der Waals surface area contributed by atoms with Crippen LogP contribution in [0, 0.1) is 12.3 Å². The molecule has 1 aliphatic rings. The molecule has 1 aliphatic carbocycles. The Kier molecular flexibility index (Phi) is 4.88. The summed E-state index contributed by atoms with van der Waals surface area (Å²) in [5, 5.41) is 12.5. The minimum atomic E-state index is -0.830. The lowest BCUT2D eigenvalue weighted by atomic mass is 9.79. The number of carbonyl (C=O) groups excluding carboxylic acids is 1. The van der Waals surface area contributed by atoms with Gasteiger partial charge in [0.15, 0.2) is 0 Å². The van der Waals surface area contributed by atoms with Crippen LogP contribution < -0.4 is 5.32 Å². The van der Waals surface area contributed by atoms with E-state index in [-0.39, 0.29) is 24.2 Å². The lowest BCUT2D eigenvalue weighted by Crippen LogP contribution is -2.27. The first-order valence-corrected chi connectivity index (χ1v) is 7.56. The van der Waals surface area contributed by atoms with Crippen molar-refractivity contribution in [3.8, 4) is 0 Å². The van der Waals surface area contributed by atoms with E-state index in [1.54, 1.807) is 12.1 Å². The summed E-state index contributed by atoms with van der Waals surface area (Å²) in [7, 11) is 0. The Balaban J connectivity index is 2.02. The van der Waals surface area contributed by atoms with Gasteiger partial charge in [0.1, 0.15) is 0 Å². The van der Waals surface area contributed by atoms with Crippen molar-refractivity contribution in [2.45, 2.75) is 45.4 Å². The Morgan fingerprint density at radius 3 is 2.52 bits per heavy atom. The number of amides is 1. The molecule has 1 aromatic carbocycles. The molecule has 0 bridgehead atoms. The van der Waals surface area contributed by atoms with Gasteiger partial charge in [0.2, 0.25) is 5.91 Å². The summed E-state index contributed by atoms with van der Waals surface area (Å²) >= 11 is 6.03. The Bertz CT molecular complexity index is 550. The third kappa shape index (κ3) is 4.21. The maximum atomic E-state index is 12.2. The van der Waals surface area contributed by atoms with Crippen molar-refractivity contribution in [2.24, 2.45) is 5.41 Å². The quantitative estimate of drug-likeness (QED) is 0.863. The van der Waals surface area contributed by atoms with Gasteiger partial charge in [-0.3, -0.25) is 9.59 Å². The molecule has 1 saturated carbocycles. The summed E-state index contributed by atoms with van der Waals surface area (Å²) in [5.74, 6) is -0.971. The summed E-state index contributed by atoms with van der Waals surface area (Å²) < 4.78 is 0. The number of anilines is 1. The lowest BCUT2D eigenvalue weighted by molar-refractivity contribution is -0.140. The monoisotopic (exact) mass is 309 g/mol. The molecule has 1 amide bonds. The minimum absolute atomic E-state index is 0.0646. The normalized spacial score (nSPS) is 16.7. The van der Waals surface area contributed by atoms with Crippen molar-refractivity contribution in [3.63, 3.8) is 0 Å². The van der Waals surface area contributed by atoms with E-state index in [2.05, 4.69) is 5.32 Å². The predicted molar refractivity (Wildman–Crippen MR) is 82.6 cm³/mol. The van der Waals surface area contributed by atoms with Crippen LogP contribution in [0.4, 0.5) is 5.69 Å². The summed E-state index contributed by atoms with van der Waals surface area (Å²) in [5.41, 5.74) is 1.22.